The Morgan fingerprint density at radius 1 is 1.45 bits per heavy atom. The number of ether oxygens (including phenoxy) is 2. The highest BCUT2D eigenvalue weighted by atomic mass is 16.7. The van der Waals surface area contributed by atoms with E-state index in [4.69, 9.17) is 9.47 Å². The molecule has 11 heavy (non-hydrogen) atoms. The van der Waals surface area contributed by atoms with Crippen molar-refractivity contribution < 1.29 is 14.3 Å². The van der Waals surface area contributed by atoms with Crippen LogP contribution in [0.2, 0.25) is 0 Å². The van der Waals surface area contributed by atoms with Crippen LogP contribution in [0.4, 0.5) is 0 Å². The van der Waals surface area contributed by atoms with Crippen molar-refractivity contribution in [2.75, 3.05) is 7.11 Å². The first-order valence-electron chi connectivity index (χ1n) is 3.84. The minimum Gasteiger partial charge on any atom is -0.435 e. The Bertz CT molecular complexity index is 121. The molecule has 0 aliphatic heterocycles. The smallest absolute Gasteiger partial charge is 0.307 e. The minimum atomic E-state index is -0.401. The summed E-state index contributed by atoms with van der Waals surface area (Å²) < 4.78 is 9.89. The molecule has 0 bridgehead atoms. The van der Waals surface area contributed by atoms with Crippen molar-refractivity contribution in [1.82, 2.24) is 0 Å². The average molecular weight is 160 g/mol. The molecular formula is C8H16O3. The number of carbonyl (C=O) groups is 1. The summed E-state index contributed by atoms with van der Waals surface area (Å²) >= 11 is 0. The van der Waals surface area contributed by atoms with Crippen LogP contribution in [0.3, 0.4) is 0 Å². The van der Waals surface area contributed by atoms with Crippen molar-refractivity contribution in [2.24, 2.45) is 5.92 Å². The lowest BCUT2D eigenvalue weighted by Crippen LogP contribution is -2.24. The van der Waals surface area contributed by atoms with Gasteiger partial charge in [0.25, 0.3) is 0 Å². The SMILES string of the molecule is CCC(=O)OC(OC)C(C)C. The largest absolute Gasteiger partial charge is 0.435 e. The van der Waals surface area contributed by atoms with Crippen LogP contribution in [0.15, 0.2) is 0 Å². The Labute approximate surface area is 67.7 Å². The van der Waals surface area contributed by atoms with Crippen LogP contribution >= 0.6 is 0 Å². The van der Waals surface area contributed by atoms with E-state index in [1.807, 2.05) is 13.8 Å². The van der Waals surface area contributed by atoms with Gasteiger partial charge in [-0.3, -0.25) is 4.79 Å². The predicted molar refractivity (Wildman–Crippen MR) is 42.0 cm³/mol. The van der Waals surface area contributed by atoms with Gasteiger partial charge in [-0.2, -0.15) is 0 Å². The number of rotatable bonds is 4. The first kappa shape index (κ1) is 10.4. The highest BCUT2D eigenvalue weighted by Crippen LogP contribution is 2.07. The number of hydrogen-bond donors (Lipinski definition) is 0. The lowest BCUT2D eigenvalue weighted by molar-refractivity contribution is -0.181. The van der Waals surface area contributed by atoms with Gasteiger partial charge in [-0.25, -0.2) is 0 Å². The maximum absolute atomic E-state index is 10.8. The van der Waals surface area contributed by atoms with Crippen LogP contribution in [0.25, 0.3) is 0 Å². The Kier molecular flexibility index (Phi) is 4.86. The van der Waals surface area contributed by atoms with Crippen molar-refractivity contribution >= 4 is 5.97 Å². The van der Waals surface area contributed by atoms with Crippen LogP contribution in [0.5, 0.6) is 0 Å². The van der Waals surface area contributed by atoms with E-state index in [1.54, 1.807) is 6.92 Å². The molecule has 3 nitrogen and oxygen atoms in total. The van der Waals surface area contributed by atoms with Gasteiger partial charge in [0.1, 0.15) is 0 Å². The molecule has 0 aromatic heterocycles. The molecule has 0 aromatic rings. The molecule has 66 valence electrons. The Morgan fingerprint density at radius 3 is 2.27 bits per heavy atom. The minimum absolute atomic E-state index is 0.204. The highest BCUT2D eigenvalue weighted by Gasteiger charge is 2.15. The van der Waals surface area contributed by atoms with Crippen LogP contribution in [0.1, 0.15) is 27.2 Å². The summed E-state index contributed by atoms with van der Waals surface area (Å²) in [5, 5.41) is 0. The average Bonchev–Trinajstić information content (AvgIpc) is 1.99. The standard InChI is InChI=1S/C8H16O3/c1-5-7(9)11-8(10-4)6(2)3/h6,8H,5H2,1-4H3. The second-order valence-electron chi connectivity index (χ2n) is 2.69. The molecule has 0 N–H and O–H groups in total. The summed E-state index contributed by atoms with van der Waals surface area (Å²) in [6.07, 6.45) is -0.00509. The number of carbonyl (C=O) groups excluding carboxylic acids is 1. The van der Waals surface area contributed by atoms with E-state index < -0.39 is 6.29 Å². The molecule has 3 heteroatoms. The molecule has 0 rings (SSSR count). The maximum atomic E-state index is 10.8. The summed E-state index contributed by atoms with van der Waals surface area (Å²) in [6, 6.07) is 0. The molecular weight excluding hydrogens is 144 g/mol. The van der Waals surface area contributed by atoms with Crippen molar-refractivity contribution in [3.8, 4) is 0 Å². The maximum Gasteiger partial charge on any atom is 0.307 e. The zero-order valence-electron chi connectivity index (χ0n) is 7.59. The monoisotopic (exact) mass is 160 g/mol. The van der Waals surface area contributed by atoms with Gasteiger partial charge in [-0.1, -0.05) is 20.8 Å². The fourth-order valence-electron chi connectivity index (χ4n) is 0.669. The fourth-order valence-corrected chi connectivity index (χ4v) is 0.669. The Hall–Kier alpha value is -0.570. The number of methoxy groups -OCH3 is 1. The zero-order valence-corrected chi connectivity index (χ0v) is 7.59. The summed E-state index contributed by atoms with van der Waals surface area (Å²) in [7, 11) is 1.54. The number of hydrogen-bond acceptors (Lipinski definition) is 3. The summed E-state index contributed by atoms with van der Waals surface area (Å²) in [5.74, 6) is -0.0129. The lowest BCUT2D eigenvalue weighted by Gasteiger charge is -2.18. The summed E-state index contributed by atoms with van der Waals surface area (Å²) in [6.45, 7) is 5.64. The topological polar surface area (TPSA) is 35.5 Å². The van der Waals surface area contributed by atoms with Crippen molar-refractivity contribution in [3.63, 3.8) is 0 Å². The summed E-state index contributed by atoms with van der Waals surface area (Å²) in [5.41, 5.74) is 0. The Morgan fingerprint density at radius 2 is 2.00 bits per heavy atom. The normalized spacial score (nSPS) is 13.2. The van der Waals surface area contributed by atoms with Crippen LogP contribution in [-0.4, -0.2) is 19.4 Å². The molecule has 0 aliphatic rings. The molecule has 0 fully saturated rings. The van der Waals surface area contributed by atoms with E-state index >= 15 is 0 Å². The van der Waals surface area contributed by atoms with E-state index in [0.717, 1.165) is 0 Å². The van der Waals surface area contributed by atoms with E-state index in [-0.39, 0.29) is 11.9 Å². The van der Waals surface area contributed by atoms with E-state index in [0.29, 0.717) is 6.42 Å². The molecule has 0 amide bonds. The molecule has 0 saturated heterocycles. The third-order valence-corrected chi connectivity index (χ3v) is 1.31. The van der Waals surface area contributed by atoms with Gasteiger partial charge in [-0.05, 0) is 0 Å². The van der Waals surface area contributed by atoms with Gasteiger partial charge in [0.2, 0.25) is 6.29 Å². The first-order valence-corrected chi connectivity index (χ1v) is 3.84. The highest BCUT2D eigenvalue weighted by molar-refractivity contribution is 5.68. The van der Waals surface area contributed by atoms with Crippen molar-refractivity contribution in [3.05, 3.63) is 0 Å². The van der Waals surface area contributed by atoms with Gasteiger partial charge in [0.15, 0.2) is 0 Å². The number of esters is 1. The molecule has 0 saturated carbocycles. The quantitative estimate of drug-likeness (QED) is 0.462. The van der Waals surface area contributed by atoms with Crippen LogP contribution in [-0.2, 0) is 14.3 Å². The van der Waals surface area contributed by atoms with E-state index in [1.165, 1.54) is 7.11 Å². The van der Waals surface area contributed by atoms with Crippen LogP contribution < -0.4 is 0 Å². The predicted octanol–water partition coefficient (Wildman–Crippen LogP) is 1.57. The third kappa shape index (κ3) is 3.98. The van der Waals surface area contributed by atoms with Crippen molar-refractivity contribution in [1.29, 1.82) is 0 Å². The molecule has 0 heterocycles. The van der Waals surface area contributed by atoms with E-state index in [9.17, 15) is 4.79 Å². The molecule has 0 radical (unpaired) electrons. The van der Waals surface area contributed by atoms with Gasteiger partial charge in [0.05, 0.1) is 0 Å². The second-order valence-corrected chi connectivity index (χ2v) is 2.69. The molecule has 0 aromatic carbocycles. The third-order valence-electron chi connectivity index (χ3n) is 1.31. The van der Waals surface area contributed by atoms with Gasteiger partial charge in [0, 0.05) is 19.4 Å². The first-order chi connectivity index (χ1) is 5.11. The second kappa shape index (κ2) is 5.13. The molecule has 1 atom stereocenters. The van der Waals surface area contributed by atoms with Crippen LogP contribution in [0, 0.1) is 5.92 Å². The molecule has 0 aliphatic carbocycles. The van der Waals surface area contributed by atoms with Gasteiger partial charge in [-0.15, -0.1) is 0 Å². The fraction of sp³-hybridized carbons (Fsp3) is 0.875. The summed E-state index contributed by atoms with van der Waals surface area (Å²) in [4.78, 5) is 10.8. The zero-order chi connectivity index (χ0) is 8.85. The Balaban J connectivity index is 3.78. The van der Waals surface area contributed by atoms with E-state index in [2.05, 4.69) is 0 Å². The van der Waals surface area contributed by atoms with Gasteiger partial charge >= 0.3 is 5.97 Å². The lowest BCUT2D eigenvalue weighted by atomic mass is 10.2. The molecule has 0 spiro atoms. The van der Waals surface area contributed by atoms with Gasteiger partial charge < -0.3 is 9.47 Å². The molecule has 1 unspecified atom stereocenters. The van der Waals surface area contributed by atoms with Crippen molar-refractivity contribution in [2.45, 2.75) is 33.5 Å².